The van der Waals surface area contributed by atoms with E-state index < -0.39 is 12.3 Å². The van der Waals surface area contributed by atoms with Crippen LogP contribution in [0.5, 0.6) is 0 Å². The van der Waals surface area contributed by atoms with Crippen molar-refractivity contribution in [1.29, 1.82) is 0 Å². The number of hydrogen-bond donors (Lipinski definition) is 0. The Bertz CT molecular complexity index is 965. The molecule has 0 aromatic carbocycles. The quantitative estimate of drug-likeness (QED) is 0.539. The first-order valence-electron chi connectivity index (χ1n) is 7.07. The van der Waals surface area contributed by atoms with Crippen LogP contribution in [0.25, 0.3) is 22.2 Å². The van der Waals surface area contributed by atoms with Crippen LogP contribution in [-0.4, -0.2) is 35.4 Å². The zero-order chi connectivity index (χ0) is 17.2. The average Bonchev–Trinajstić information content (AvgIpc) is 3.36. The summed E-state index contributed by atoms with van der Waals surface area (Å²) in [5.74, 6) is -0.169. The summed E-state index contributed by atoms with van der Waals surface area (Å²) in [6.45, 7) is 0.324. The number of halogens is 2. The van der Waals surface area contributed by atoms with E-state index in [1.54, 1.807) is 12.1 Å². The zero-order valence-corrected chi connectivity index (χ0v) is 13.3. The van der Waals surface area contributed by atoms with Gasteiger partial charge in [0.05, 0.1) is 16.1 Å². The van der Waals surface area contributed by atoms with Gasteiger partial charge >= 0.3 is 6.43 Å². The first kappa shape index (κ1) is 15.4. The fraction of sp³-hybridized carbons (Fsp3) is 0.143. The number of hydrogen-bond acceptors (Lipinski definition) is 8. The third-order valence-corrected chi connectivity index (χ3v) is 4.06. The number of rotatable bonds is 5. The molecule has 25 heavy (non-hydrogen) atoms. The Hall–Kier alpha value is -3.08. The third kappa shape index (κ3) is 3.26. The first-order chi connectivity index (χ1) is 12.2. The minimum absolute atomic E-state index is 0.00628. The highest BCUT2D eigenvalue weighted by Gasteiger charge is 2.17. The van der Waals surface area contributed by atoms with E-state index in [2.05, 4.69) is 30.6 Å². The van der Waals surface area contributed by atoms with E-state index in [-0.39, 0.29) is 5.89 Å². The van der Waals surface area contributed by atoms with Gasteiger partial charge in [0.15, 0.2) is 0 Å². The Morgan fingerprint density at radius 1 is 1.16 bits per heavy atom. The molecule has 4 heterocycles. The monoisotopic (exact) mass is 361 g/mol. The lowest BCUT2D eigenvalue weighted by atomic mass is 10.2. The van der Waals surface area contributed by atoms with E-state index in [0.29, 0.717) is 23.6 Å². The molecule has 11 heteroatoms. The lowest BCUT2D eigenvalue weighted by Crippen LogP contribution is -2.05. The van der Waals surface area contributed by atoms with Crippen LogP contribution in [0.1, 0.15) is 18.0 Å². The maximum atomic E-state index is 12.5. The van der Waals surface area contributed by atoms with Crippen molar-refractivity contribution in [3.05, 3.63) is 47.4 Å². The topological polar surface area (TPSA) is 95.4 Å². The second-order valence-corrected chi connectivity index (χ2v) is 5.85. The Morgan fingerprint density at radius 3 is 2.76 bits per heavy atom. The van der Waals surface area contributed by atoms with Crippen molar-refractivity contribution in [1.82, 2.24) is 35.4 Å². The SMILES string of the molecule is FC(F)c1nnc(-c2ccc(Cn3nnc(-c4cccs4)n3)nc2)o1. The molecule has 0 fully saturated rings. The predicted molar refractivity (Wildman–Crippen MR) is 82.7 cm³/mol. The molecule has 0 radical (unpaired) electrons. The highest BCUT2D eigenvalue weighted by molar-refractivity contribution is 7.13. The molecule has 0 bridgehead atoms. The summed E-state index contributed by atoms with van der Waals surface area (Å²) in [7, 11) is 0. The summed E-state index contributed by atoms with van der Waals surface area (Å²) in [6.07, 6.45) is -1.33. The van der Waals surface area contributed by atoms with Crippen LogP contribution >= 0.6 is 11.3 Å². The molecule has 0 spiro atoms. The van der Waals surface area contributed by atoms with E-state index in [9.17, 15) is 8.78 Å². The largest absolute Gasteiger partial charge is 0.415 e. The highest BCUT2D eigenvalue weighted by atomic mass is 32.1. The van der Waals surface area contributed by atoms with Gasteiger partial charge < -0.3 is 4.42 Å². The minimum atomic E-state index is -2.80. The van der Waals surface area contributed by atoms with Gasteiger partial charge in [0.25, 0.3) is 5.89 Å². The lowest BCUT2D eigenvalue weighted by molar-refractivity contribution is 0.116. The van der Waals surface area contributed by atoms with Gasteiger partial charge in [0, 0.05) is 6.20 Å². The second-order valence-electron chi connectivity index (χ2n) is 4.91. The minimum Gasteiger partial charge on any atom is -0.415 e. The van der Waals surface area contributed by atoms with Gasteiger partial charge in [0.1, 0.15) is 6.54 Å². The van der Waals surface area contributed by atoms with Crippen LogP contribution in [0.4, 0.5) is 8.78 Å². The Morgan fingerprint density at radius 2 is 2.08 bits per heavy atom. The molecular formula is C14H9F2N7OS. The lowest BCUT2D eigenvalue weighted by Gasteiger charge is -2.00. The molecule has 4 aromatic rings. The van der Waals surface area contributed by atoms with E-state index in [1.807, 2.05) is 17.5 Å². The van der Waals surface area contributed by atoms with Gasteiger partial charge in [-0.1, -0.05) is 6.07 Å². The zero-order valence-electron chi connectivity index (χ0n) is 12.5. The van der Waals surface area contributed by atoms with Crippen LogP contribution in [0.15, 0.2) is 40.3 Å². The van der Waals surface area contributed by atoms with Gasteiger partial charge in [-0.2, -0.15) is 13.6 Å². The molecule has 0 aliphatic heterocycles. The maximum Gasteiger partial charge on any atom is 0.314 e. The molecular weight excluding hydrogens is 352 g/mol. The number of pyridine rings is 1. The van der Waals surface area contributed by atoms with Crippen LogP contribution in [-0.2, 0) is 6.54 Å². The molecule has 4 aromatic heterocycles. The van der Waals surface area contributed by atoms with Crippen LogP contribution in [0.3, 0.4) is 0 Å². The number of tetrazole rings is 1. The number of alkyl halides is 2. The maximum absolute atomic E-state index is 12.5. The van der Waals surface area contributed by atoms with Gasteiger partial charge in [-0.15, -0.1) is 31.7 Å². The second kappa shape index (κ2) is 6.43. The van der Waals surface area contributed by atoms with Crippen molar-refractivity contribution in [2.45, 2.75) is 13.0 Å². The molecule has 0 saturated carbocycles. The average molecular weight is 361 g/mol. The predicted octanol–water partition coefficient (Wildman–Crippen LogP) is 2.83. The van der Waals surface area contributed by atoms with Gasteiger partial charge in [-0.05, 0) is 28.8 Å². The fourth-order valence-electron chi connectivity index (χ4n) is 2.04. The van der Waals surface area contributed by atoms with Gasteiger partial charge in [0.2, 0.25) is 11.7 Å². The van der Waals surface area contributed by atoms with Crippen molar-refractivity contribution >= 4 is 11.3 Å². The Labute approximate surface area is 143 Å². The fourth-order valence-corrected chi connectivity index (χ4v) is 2.69. The molecule has 0 unspecified atom stereocenters. The Balaban J connectivity index is 1.48. The summed E-state index contributed by atoms with van der Waals surface area (Å²) in [5, 5.41) is 21.1. The summed E-state index contributed by atoms with van der Waals surface area (Å²) in [5.41, 5.74) is 1.13. The van der Waals surface area contributed by atoms with Crippen molar-refractivity contribution in [3.8, 4) is 22.2 Å². The molecule has 0 amide bonds. The van der Waals surface area contributed by atoms with Gasteiger partial charge in [-0.25, -0.2) is 0 Å². The van der Waals surface area contributed by atoms with Crippen LogP contribution in [0.2, 0.25) is 0 Å². The number of nitrogens with zero attached hydrogens (tertiary/aromatic N) is 7. The van der Waals surface area contributed by atoms with E-state index in [0.717, 1.165) is 4.88 Å². The molecule has 8 nitrogen and oxygen atoms in total. The number of aromatic nitrogens is 7. The first-order valence-corrected chi connectivity index (χ1v) is 7.95. The molecule has 0 N–H and O–H groups in total. The standard InChI is InChI=1S/C14H9F2N7OS/c15-11(16)14-20-19-13(24-14)8-3-4-9(17-6-8)7-23-21-12(18-22-23)10-2-1-5-25-10/h1-6,11H,7H2. The molecule has 0 atom stereocenters. The summed E-state index contributed by atoms with van der Waals surface area (Å²) in [6, 6.07) is 7.19. The summed E-state index contributed by atoms with van der Waals surface area (Å²) in [4.78, 5) is 6.60. The molecule has 0 saturated heterocycles. The van der Waals surface area contributed by atoms with Gasteiger partial charge in [-0.3, -0.25) is 4.98 Å². The van der Waals surface area contributed by atoms with Crippen molar-refractivity contribution in [2.24, 2.45) is 0 Å². The number of thiophene rings is 1. The summed E-state index contributed by atoms with van der Waals surface area (Å²) >= 11 is 1.53. The molecule has 4 rings (SSSR count). The van der Waals surface area contributed by atoms with Crippen LogP contribution in [0, 0.1) is 0 Å². The van der Waals surface area contributed by atoms with E-state index in [1.165, 1.54) is 22.3 Å². The Kier molecular flexibility index (Phi) is 3.98. The van der Waals surface area contributed by atoms with Crippen molar-refractivity contribution in [3.63, 3.8) is 0 Å². The third-order valence-electron chi connectivity index (χ3n) is 3.20. The van der Waals surface area contributed by atoms with E-state index in [4.69, 9.17) is 4.42 Å². The highest BCUT2D eigenvalue weighted by Crippen LogP contribution is 2.23. The van der Waals surface area contributed by atoms with Crippen LogP contribution < -0.4 is 0 Å². The molecule has 126 valence electrons. The normalized spacial score (nSPS) is 11.3. The molecule has 0 aliphatic carbocycles. The smallest absolute Gasteiger partial charge is 0.314 e. The van der Waals surface area contributed by atoms with E-state index >= 15 is 0 Å². The molecule has 0 aliphatic rings. The van der Waals surface area contributed by atoms with Crippen molar-refractivity contribution < 1.29 is 13.2 Å². The van der Waals surface area contributed by atoms with Crippen molar-refractivity contribution in [2.75, 3.05) is 0 Å². The summed E-state index contributed by atoms with van der Waals surface area (Å²) < 4.78 is 29.8.